The van der Waals surface area contributed by atoms with Crippen LogP contribution in [-0.2, 0) is 14.3 Å². The predicted octanol–water partition coefficient (Wildman–Crippen LogP) is 16.3. The van der Waals surface area contributed by atoms with Crippen LogP contribution in [0.2, 0.25) is 0 Å². The summed E-state index contributed by atoms with van der Waals surface area (Å²) in [7, 11) is 0. The quantitative estimate of drug-likeness (QED) is 0.0322. The van der Waals surface area contributed by atoms with Crippen LogP contribution in [0, 0.1) is 0 Å². The minimum absolute atomic E-state index is 0.0574. The standard InChI is InChI=1S/C55H105NO5/c1-4-7-10-13-16-19-22-24-26-28-30-33-36-39-42-45-48-55(60)61-51(46-43-40-37-34-31-21-18-15-12-9-6-3)49-54(59)56-52(50-57)53(58)47-44-41-38-35-32-29-27-25-23-20-17-14-11-8-5-2/h26,28,34,37,51-53,57-58H,4-25,27,29-33,35-36,38-50H2,1-3H3,(H,56,59)/b28-26+,37-34-. The number of aliphatic hydroxyl groups excluding tert-OH is 2. The number of unbranched alkanes of at least 4 members (excludes halogenated alkanes) is 33. The van der Waals surface area contributed by atoms with E-state index in [0.717, 1.165) is 57.8 Å². The van der Waals surface area contributed by atoms with Gasteiger partial charge in [0.1, 0.15) is 6.10 Å². The number of ether oxygens (including phenoxy) is 1. The van der Waals surface area contributed by atoms with Crippen LogP contribution >= 0.6 is 0 Å². The van der Waals surface area contributed by atoms with Gasteiger partial charge in [-0.1, -0.05) is 231 Å². The van der Waals surface area contributed by atoms with E-state index in [-0.39, 0.29) is 24.9 Å². The van der Waals surface area contributed by atoms with Crippen LogP contribution in [0.5, 0.6) is 0 Å². The van der Waals surface area contributed by atoms with E-state index in [4.69, 9.17) is 4.74 Å². The lowest BCUT2D eigenvalue weighted by Crippen LogP contribution is -2.46. The Morgan fingerprint density at radius 3 is 1.20 bits per heavy atom. The molecule has 0 bridgehead atoms. The monoisotopic (exact) mass is 860 g/mol. The van der Waals surface area contributed by atoms with Gasteiger partial charge in [0, 0.05) is 6.42 Å². The predicted molar refractivity (Wildman–Crippen MR) is 264 cm³/mol. The number of carbonyl (C=O) groups excluding carboxylic acids is 2. The zero-order valence-electron chi connectivity index (χ0n) is 41.1. The molecule has 1 amide bonds. The molecular formula is C55H105NO5. The fourth-order valence-electron chi connectivity index (χ4n) is 8.37. The first kappa shape index (κ1) is 59.3. The molecule has 3 N–H and O–H groups in total. The number of aliphatic hydroxyl groups is 2. The van der Waals surface area contributed by atoms with Crippen molar-refractivity contribution in [3.63, 3.8) is 0 Å². The molecule has 0 aliphatic rings. The van der Waals surface area contributed by atoms with Crippen molar-refractivity contribution in [2.75, 3.05) is 6.61 Å². The highest BCUT2D eigenvalue weighted by molar-refractivity contribution is 5.77. The Bertz CT molecular complexity index is 966. The maximum Gasteiger partial charge on any atom is 0.306 e. The molecule has 3 atom stereocenters. The first-order valence-corrected chi connectivity index (χ1v) is 27.1. The molecule has 0 radical (unpaired) electrons. The lowest BCUT2D eigenvalue weighted by Gasteiger charge is -2.24. The van der Waals surface area contributed by atoms with E-state index in [1.165, 1.54) is 186 Å². The number of hydrogen-bond donors (Lipinski definition) is 3. The molecule has 0 saturated heterocycles. The molecule has 0 aliphatic carbocycles. The van der Waals surface area contributed by atoms with Crippen LogP contribution < -0.4 is 5.32 Å². The normalized spacial score (nSPS) is 13.3. The van der Waals surface area contributed by atoms with Gasteiger partial charge in [-0.05, 0) is 70.6 Å². The maximum atomic E-state index is 13.2. The van der Waals surface area contributed by atoms with Gasteiger partial charge >= 0.3 is 5.97 Å². The molecule has 6 nitrogen and oxygen atoms in total. The SMILES string of the molecule is CCCCCCCC/C=C\CCCC(CC(=O)NC(CO)C(O)CCCCCCCCCCCCCCCCC)OC(=O)CCCCCCC/C=C/CCCCCCCCC. The average molecular weight is 860 g/mol. The summed E-state index contributed by atoms with van der Waals surface area (Å²) in [6.45, 7) is 6.48. The van der Waals surface area contributed by atoms with Crippen LogP contribution in [0.25, 0.3) is 0 Å². The van der Waals surface area contributed by atoms with Gasteiger partial charge < -0.3 is 20.3 Å². The van der Waals surface area contributed by atoms with Crippen LogP contribution in [0.4, 0.5) is 0 Å². The number of amides is 1. The van der Waals surface area contributed by atoms with Gasteiger partial charge in [-0.15, -0.1) is 0 Å². The first-order chi connectivity index (χ1) is 30.0. The molecule has 6 heteroatoms. The number of hydrogen-bond acceptors (Lipinski definition) is 5. The van der Waals surface area contributed by atoms with Crippen molar-refractivity contribution in [2.24, 2.45) is 0 Å². The van der Waals surface area contributed by atoms with Gasteiger partial charge in [0.25, 0.3) is 0 Å². The third-order valence-corrected chi connectivity index (χ3v) is 12.5. The van der Waals surface area contributed by atoms with Crippen LogP contribution in [-0.4, -0.2) is 46.9 Å². The van der Waals surface area contributed by atoms with Gasteiger partial charge in [0.05, 0.1) is 25.2 Å². The molecule has 0 aromatic heterocycles. The van der Waals surface area contributed by atoms with Crippen molar-refractivity contribution in [1.29, 1.82) is 0 Å². The van der Waals surface area contributed by atoms with Gasteiger partial charge in [-0.25, -0.2) is 0 Å². The molecule has 0 heterocycles. The fourth-order valence-corrected chi connectivity index (χ4v) is 8.37. The van der Waals surface area contributed by atoms with Crippen LogP contribution in [0.15, 0.2) is 24.3 Å². The van der Waals surface area contributed by atoms with Crippen molar-refractivity contribution in [2.45, 2.75) is 309 Å². The summed E-state index contributed by atoms with van der Waals surface area (Å²) in [5.74, 6) is -0.501. The molecule has 360 valence electrons. The highest BCUT2D eigenvalue weighted by atomic mass is 16.5. The molecular weight excluding hydrogens is 755 g/mol. The summed E-state index contributed by atoms with van der Waals surface area (Å²) in [5.41, 5.74) is 0. The van der Waals surface area contributed by atoms with E-state index in [2.05, 4.69) is 50.4 Å². The van der Waals surface area contributed by atoms with Gasteiger partial charge in [0.15, 0.2) is 0 Å². The second-order valence-corrected chi connectivity index (χ2v) is 18.6. The number of allylic oxidation sites excluding steroid dienone is 4. The van der Waals surface area contributed by atoms with Gasteiger partial charge in [-0.2, -0.15) is 0 Å². The number of nitrogens with one attached hydrogen (secondary N) is 1. The Balaban J connectivity index is 4.51. The highest BCUT2D eigenvalue weighted by Crippen LogP contribution is 2.18. The summed E-state index contributed by atoms with van der Waals surface area (Å²) in [4.78, 5) is 26.1. The zero-order chi connectivity index (χ0) is 44.5. The third-order valence-electron chi connectivity index (χ3n) is 12.5. The van der Waals surface area contributed by atoms with E-state index in [1.807, 2.05) is 0 Å². The fraction of sp³-hybridized carbons (Fsp3) is 0.891. The van der Waals surface area contributed by atoms with E-state index in [1.54, 1.807) is 0 Å². The number of carbonyl (C=O) groups is 2. The Kier molecular flexibility index (Phi) is 48.0. The summed E-state index contributed by atoms with van der Waals surface area (Å²) >= 11 is 0. The van der Waals surface area contributed by atoms with Gasteiger partial charge in [-0.3, -0.25) is 9.59 Å². The lowest BCUT2D eigenvalue weighted by molar-refractivity contribution is -0.151. The second kappa shape index (κ2) is 49.4. The number of rotatable bonds is 49. The second-order valence-electron chi connectivity index (χ2n) is 18.6. The first-order valence-electron chi connectivity index (χ1n) is 27.1. The molecule has 0 aromatic carbocycles. The molecule has 0 rings (SSSR count). The summed E-state index contributed by atoms with van der Waals surface area (Å²) in [5, 5.41) is 23.8. The summed E-state index contributed by atoms with van der Waals surface area (Å²) < 4.78 is 5.92. The molecule has 0 fully saturated rings. The van der Waals surface area contributed by atoms with Crippen molar-refractivity contribution in [1.82, 2.24) is 5.32 Å². The zero-order valence-corrected chi connectivity index (χ0v) is 41.1. The lowest BCUT2D eigenvalue weighted by atomic mass is 10.0. The molecule has 0 spiro atoms. The van der Waals surface area contributed by atoms with Crippen molar-refractivity contribution < 1.29 is 24.5 Å². The van der Waals surface area contributed by atoms with Crippen molar-refractivity contribution >= 4 is 11.9 Å². The Labute approximate surface area is 380 Å². The largest absolute Gasteiger partial charge is 0.462 e. The maximum absolute atomic E-state index is 13.2. The van der Waals surface area contributed by atoms with E-state index in [0.29, 0.717) is 19.3 Å². The minimum Gasteiger partial charge on any atom is -0.462 e. The molecule has 61 heavy (non-hydrogen) atoms. The highest BCUT2D eigenvalue weighted by Gasteiger charge is 2.24. The average Bonchev–Trinajstić information content (AvgIpc) is 3.25. The van der Waals surface area contributed by atoms with Crippen LogP contribution in [0.1, 0.15) is 290 Å². The van der Waals surface area contributed by atoms with Gasteiger partial charge in [0.2, 0.25) is 5.91 Å². The minimum atomic E-state index is -0.792. The topological polar surface area (TPSA) is 95.9 Å². The van der Waals surface area contributed by atoms with E-state index >= 15 is 0 Å². The summed E-state index contributed by atoms with van der Waals surface area (Å²) in [6.07, 6.45) is 56.7. The molecule has 0 aromatic rings. The molecule has 0 saturated carbocycles. The smallest absolute Gasteiger partial charge is 0.306 e. The van der Waals surface area contributed by atoms with Crippen molar-refractivity contribution in [3.05, 3.63) is 24.3 Å². The van der Waals surface area contributed by atoms with Crippen LogP contribution in [0.3, 0.4) is 0 Å². The Hall–Kier alpha value is -1.66. The summed E-state index contributed by atoms with van der Waals surface area (Å²) in [6, 6.07) is -0.707. The van der Waals surface area contributed by atoms with E-state index < -0.39 is 18.2 Å². The third kappa shape index (κ3) is 44.7. The molecule has 3 unspecified atom stereocenters. The number of esters is 1. The molecule has 0 aliphatic heterocycles. The Morgan fingerprint density at radius 2 is 0.803 bits per heavy atom. The van der Waals surface area contributed by atoms with E-state index in [9.17, 15) is 19.8 Å². The Morgan fingerprint density at radius 1 is 0.459 bits per heavy atom. The van der Waals surface area contributed by atoms with Crippen molar-refractivity contribution in [3.8, 4) is 0 Å².